The van der Waals surface area contributed by atoms with Crippen molar-refractivity contribution in [2.24, 2.45) is 5.41 Å². The third-order valence-corrected chi connectivity index (χ3v) is 6.51. The highest BCUT2D eigenvalue weighted by molar-refractivity contribution is 5.97. The number of hydrogen-bond donors (Lipinski definition) is 0. The lowest BCUT2D eigenvalue weighted by atomic mass is 9.72. The molecule has 0 aromatic rings. The zero-order valence-corrected chi connectivity index (χ0v) is 23.3. The van der Waals surface area contributed by atoms with Crippen LogP contribution in [0, 0.1) is 5.41 Å². The Morgan fingerprint density at radius 2 is 1.33 bits per heavy atom. The van der Waals surface area contributed by atoms with Crippen LogP contribution < -0.4 is 0 Å². The molecule has 0 atom stereocenters. The fraction of sp³-hybridized carbons (Fsp3) is 0.424. The van der Waals surface area contributed by atoms with Crippen molar-refractivity contribution in [3.63, 3.8) is 0 Å². The van der Waals surface area contributed by atoms with Crippen LogP contribution in [0.3, 0.4) is 0 Å². The molecule has 1 heterocycles. The second kappa shape index (κ2) is 14.7. The molecule has 0 aromatic carbocycles. The van der Waals surface area contributed by atoms with Gasteiger partial charge >= 0.3 is 0 Å². The zero-order valence-electron chi connectivity index (χ0n) is 23.3. The largest absolute Gasteiger partial charge is 0.349 e. The maximum Gasteiger partial charge on any atom is 0.179 e. The molecule has 0 radical (unpaired) electrons. The Hall–Kier alpha value is -2.75. The first-order valence-corrected chi connectivity index (χ1v) is 13.0. The van der Waals surface area contributed by atoms with Gasteiger partial charge in [0.05, 0.1) is 13.2 Å². The summed E-state index contributed by atoms with van der Waals surface area (Å²) >= 11 is 0. The third kappa shape index (κ3) is 10.1. The Morgan fingerprint density at radius 3 is 1.94 bits per heavy atom. The van der Waals surface area contributed by atoms with Gasteiger partial charge in [0.1, 0.15) is 0 Å². The number of rotatable bonds is 9. The van der Waals surface area contributed by atoms with Gasteiger partial charge in [0.2, 0.25) is 0 Å². The van der Waals surface area contributed by atoms with Crippen LogP contribution in [-0.4, -0.2) is 25.3 Å². The summed E-state index contributed by atoms with van der Waals surface area (Å²) in [5, 5.41) is 0. The minimum Gasteiger partial charge on any atom is -0.349 e. The van der Waals surface area contributed by atoms with E-state index in [1.54, 1.807) is 0 Å². The predicted octanol–water partition coefficient (Wildman–Crippen LogP) is 8.47. The van der Waals surface area contributed by atoms with E-state index in [2.05, 4.69) is 89.3 Å². The molecule has 3 heteroatoms. The number of ketones is 1. The van der Waals surface area contributed by atoms with Crippen LogP contribution in [0.25, 0.3) is 0 Å². The highest BCUT2D eigenvalue weighted by Crippen LogP contribution is 2.39. The van der Waals surface area contributed by atoms with Gasteiger partial charge < -0.3 is 9.47 Å². The Balaban J connectivity index is 1.88. The van der Waals surface area contributed by atoms with E-state index in [1.807, 2.05) is 32.1 Å². The van der Waals surface area contributed by atoms with E-state index in [0.29, 0.717) is 6.42 Å². The SMILES string of the molecule is CC1=C(/C=C/C(C)=C/C=C/C(C)=C/C=C/C=C(C)/C=C/C=C(\C)C2OCCCO2)C(C)(C)CCC1=O. The normalized spacial score (nSPS) is 21.8. The summed E-state index contributed by atoms with van der Waals surface area (Å²) in [5.41, 5.74) is 6.69. The van der Waals surface area contributed by atoms with Crippen LogP contribution in [0.4, 0.5) is 0 Å². The lowest BCUT2D eigenvalue weighted by Gasteiger charge is -2.32. The van der Waals surface area contributed by atoms with Crippen molar-refractivity contribution in [3.8, 4) is 0 Å². The summed E-state index contributed by atoms with van der Waals surface area (Å²) in [6, 6.07) is 0. The standard InChI is InChI=1S/C33H44O3/c1-25(13-8-9-14-26(2)17-11-18-28(4)32-35-23-12-24-36-32)15-10-16-27(3)19-20-30-29(5)31(34)21-22-33(30,6)7/h8-11,13-20,32H,12,21-24H2,1-7H3/b9-8+,15-10+,17-11+,20-19+,25-13+,26-14+,27-16+,28-18+. The summed E-state index contributed by atoms with van der Waals surface area (Å²) in [5.74, 6) is 0.275. The number of ether oxygens (including phenoxy) is 2. The summed E-state index contributed by atoms with van der Waals surface area (Å²) in [7, 11) is 0. The smallest absolute Gasteiger partial charge is 0.179 e. The molecule has 2 aliphatic rings. The molecule has 0 spiro atoms. The van der Waals surface area contributed by atoms with Gasteiger partial charge in [-0.05, 0) is 69.6 Å². The van der Waals surface area contributed by atoms with Gasteiger partial charge in [-0.1, -0.05) is 103 Å². The molecule has 2 rings (SSSR count). The van der Waals surface area contributed by atoms with Crippen LogP contribution in [-0.2, 0) is 14.3 Å². The van der Waals surface area contributed by atoms with Gasteiger partial charge in [-0.25, -0.2) is 0 Å². The zero-order chi connectivity index (χ0) is 26.6. The van der Waals surface area contributed by atoms with Crippen LogP contribution in [0.15, 0.2) is 106 Å². The van der Waals surface area contributed by atoms with E-state index in [4.69, 9.17) is 9.47 Å². The van der Waals surface area contributed by atoms with Crippen molar-refractivity contribution < 1.29 is 14.3 Å². The Kier molecular flexibility index (Phi) is 12.1. The molecular weight excluding hydrogens is 444 g/mol. The first kappa shape index (κ1) is 29.5. The maximum atomic E-state index is 12.1. The van der Waals surface area contributed by atoms with Crippen LogP contribution in [0.1, 0.15) is 67.7 Å². The summed E-state index contributed by atoms with van der Waals surface area (Å²) < 4.78 is 11.2. The average Bonchev–Trinajstić information content (AvgIpc) is 2.84. The minimum atomic E-state index is -0.209. The lowest BCUT2D eigenvalue weighted by Crippen LogP contribution is -2.25. The van der Waals surface area contributed by atoms with Crippen molar-refractivity contribution in [1.82, 2.24) is 0 Å². The van der Waals surface area contributed by atoms with E-state index in [1.165, 1.54) is 11.1 Å². The number of allylic oxidation sites excluding steroid dienone is 17. The summed E-state index contributed by atoms with van der Waals surface area (Å²) in [6.45, 7) is 16.2. The highest BCUT2D eigenvalue weighted by Gasteiger charge is 2.30. The van der Waals surface area contributed by atoms with Crippen LogP contribution >= 0.6 is 0 Å². The minimum absolute atomic E-state index is 0.0490. The molecule has 1 aliphatic heterocycles. The van der Waals surface area contributed by atoms with Crippen molar-refractivity contribution in [3.05, 3.63) is 106 Å². The number of hydrogen-bond acceptors (Lipinski definition) is 3. The molecule has 3 nitrogen and oxygen atoms in total. The average molecular weight is 489 g/mol. The topological polar surface area (TPSA) is 35.5 Å². The monoisotopic (exact) mass is 488 g/mol. The number of Topliss-reactive ketones (excluding diaryl/α,β-unsaturated/α-hetero) is 1. The molecule has 0 aromatic heterocycles. The molecule has 1 aliphatic carbocycles. The third-order valence-electron chi connectivity index (χ3n) is 6.51. The van der Waals surface area contributed by atoms with E-state index in [-0.39, 0.29) is 17.5 Å². The molecular formula is C33H44O3. The molecule has 0 saturated carbocycles. The van der Waals surface area contributed by atoms with Crippen LogP contribution in [0.2, 0.25) is 0 Å². The Bertz CT molecular complexity index is 1040. The van der Waals surface area contributed by atoms with Gasteiger partial charge in [-0.15, -0.1) is 0 Å². The van der Waals surface area contributed by atoms with Gasteiger partial charge in [-0.3, -0.25) is 4.79 Å². The van der Waals surface area contributed by atoms with E-state index in [9.17, 15) is 4.79 Å². The van der Waals surface area contributed by atoms with Crippen molar-refractivity contribution in [1.29, 1.82) is 0 Å². The maximum absolute atomic E-state index is 12.1. The Labute approximate surface area is 219 Å². The Morgan fingerprint density at radius 1 is 0.806 bits per heavy atom. The van der Waals surface area contributed by atoms with Crippen molar-refractivity contribution in [2.75, 3.05) is 13.2 Å². The van der Waals surface area contributed by atoms with Gasteiger partial charge in [0, 0.05) is 6.42 Å². The fourth-order valence-corrected chi connectivity index (χ4v) is 4.09. The second-order valence-corrected chi connectivity index (χ2v) is 10.4. The number of carbonyl (C=O) groups excluding carboxylic acids is 1. The van der Waals surface area contributed by atoms with Crippen molar-refractivity contribution >= 4 is 5.78 Å². The second-order valence-electron chi connectivity index (χ2n) is 10.4. The molecule has 0 N–H and O–H groups in total. The first-order chi connectivity index (χ1) is 17.1. The number of carbonyl (C=O) groups is 1. The molecule has 1 saturated heterocycles. The van der Waals surface area contributed by atoms with Gasteiger partial charge in [0.15, 0.2) is 12.1 Å². The van der Waals surface area contributed by atoms with Gasteiger partial charge in [0.25, 0.3) is 0 Å². The molecule has 0 amide bonds. The van der Waals surface area contributed by atoms with Gasteiger partial charge in [-0.2, -0.15) is 0 Å². The molecule has 1 fully saturated rings. The first-order valence-electron chi connectivity index (χ1n) is 13.0. The van der Waals surface area contributed by atoms with E-state index in [0.717, 1.165) is 48.3 Å². The van der Waals surface area contributed by atoms with E-state index < -0.39 is 0 Å². The van der Waals surface area contributed by atoms with Crippen molar-refractivity contribution in [2.45, 2.75) is 74.0 Å². The lowest BCUT2D eigenvalue weighted by molar-refractivity contribution is -0.156. The highest BCUT2D eigenvalue weighted by atomic mass is 16.7. The molecule has 0 bridgehead atoms. The van der Waals surface area contributed by atoms with E-state index >= 15 is 0 Å². The summed E-state index contributed by atoms with van der Waals surface area (Å²) in [4.78, 5) is 12.1. The van der Waals surface area contributed by atoms with Crippen LogP contribution in [0.5, 0.6) is 0 Å². The molecule has 194 valence electrons. The fourth-order valence-electron chi connectivity index (χ4n) is 4.09. The predicted molar refractivity (Wildman–Crippen MR) is 153 cm³/mol. The summed E-state index contributed by atoms with van der Waals surface area (Å²) in [6.07, 6.45) is 27.3. The quantitative estimate of drug-likeness (QED) is 0.305. The molecule has 0 unspecified atom stereocenters. The molecule has 36 heavy (non-hydrogen) atoms.